The normalized spacial score (nSPS) is 10.4. The summed E-state index contributed by atoms with van der Waals surface area (Å²) >= 11 is 0. The van der Waals surface area contributed by atoms with Crippen LogP contribution >= 0.6 is 0 Å². The number of aromatic nitrogens is 3. The average Bonchev–Trinajstić information content (AvgIpc) is 3.25. The molecule has 1 heterocycles. The third kappa shape index (κ3) is 3.90. The van der Waals surface area contributed by atoms with Gasteiger partial charge in [0.15, 0.2) is 11.5 Å². The van der Waals surface area contributed by atoms with Crippen LogP contribution in [0.2, 0.25) is 0 Å². The Morgan fingerprint density at radius 3 is 2.61 bits per heavy atom. The number of benzene rings is 2. The van der Waals surface area contributed by atoms with Gasteiger partial charge in [-0.05, 0) is 29.8 Å². The number of nitrogens with zero attached hydrogens (tertiary/aromatic N) is 4. The molecule has 2 aromatic carbocycles. The highest BCUT2D eigenvalue weighted by Crippen LogP contribution is 2.27. The van der Waals surface area contributed by atoms with Gasteiger partial charge in [-0.15, -0.1) is 0 Å². The first-order valence-corrected chi connectivity index (χ1v) is 8.16. The maximum Gasteiger partial charge on any atom is 0.295 e. The van der Waals surface area contributed by atoms with Crippen molar-refractivity contribution in [3.8, 4) is 17.2 Å². The topological polar surface area (TPSA) is 121 Å². The fraction of sp³-hybridized carbons (Fsp3) is 0.167. The van der Waals surface area contributed by atoms with Crippen molar-refractivity contribution in [2.45, 2.75) is 6.54 Å². The van der Waals surface area contributed by atoms with E-state index in [9.17, 15) is 14.9 Å². The number of hydrogen-bond donors (Lipinski definition) is 1. The monoisotopic (exact) mass is 383 g/mol. The van der Waals surface area contributed by atoms with E-state index in [0.717, 1.165) is 5.56 Å². The van der Waals surface area contributed by atoms with Gasteiger partial charge in [0.05, 0.1) is 19.1 Å². The van der Waals surface area contributed by atoms with Gasteiger partial charge in [0.2, 0.25) is 0 Å². The maximum atomic E-state index is 12.4. The minimum atomic E-state index is -0.567. The third-order valence-corrected chi connectivity index (χ3v) is 4.00. The molecule has 1 aromatic heterocycles. The zero-order valence-corrected chi connectivity index (χ0v) is 15.2. The zero-order valence-electron chi connectivity index (χ0n) is 15.2. The summed E-state index contributed by atoms with van der Waals surface area (Å²) in [6, 6.07) is 9.43. The van der Waals surface area contributed by atoms with Gasteiger partial charge in [0, 0.05) is 18.2 Å². The molecular formula is C18H17N5O5. The molecule has 0 radical (unpaired) electrons. The number of nitro benzene ring substituents is 1. The lowest BCUT2D eigenvalue weighted by Crippen LogP contribution is -2.23. The second kappa shape index (κ2) is 8.16. The highest BCUT2D eigenvalue weighted by Gasteiger charge is 2.19. The van der Waals surface area contributed by atoms with Crippen LogP contribution in [0.5, 0.6) is 11.5 Å². The second-order valence-electron chi connectivity index (χ2n) is 5.67. The molecule has 0 aliphatic heterocycles. The molecule has 0 saturated heterocycles. The molecule has 3 aromatic rings. The van der Waals surface area contributed by atoms with E-state index < -0.39 is 10.8 Å². The minimum absolute atomic E-state index is 0.163. The Morgan fingerprint density at radius 1 is 1.18 bits per heavy atom. The Bertz CT molecular complexity index is 1000. The Morgan fingerprint density at radius 2 is 1.96 bits per heavy atom. The van der Waals surface area contributed by atoms with Crippen LogP contribution in [0.25, 0.3) is 5.69 Å². The number of nitro groups is 1. The fourth-order valence-electron chi connectivity index (χ4n) is 2.61. The summed E-state index contributed by atoms with van der Waals surface area (Å²) in [6.07, 6.45) is 2.62. The molecule has 28 heavy (non-hydrogen) atoms. The average molecular weight is 383 g/mol. The molecule has 3 rings (SSSR count). The smallest absolute Gasteiger partial charge is 0.295 e. The molecule has 0 atom stereocenters. The van der Waals surface area contributed by atoms with Crippen LogP contribution in [0.3, 0.4) is 0 Å². The lowest BCUT2D eigenvalue weighted by atomic mass is 10.1. The molecule has 0 bridgehead atoms. The van der Waals surface area contributed by atoms with Gasteiger partial charge in [-0.25, -0.2) is 9.67 Å². The van der Waals surface area contributed by atoms with E-state index >= 15 is 0 Å². The number of ether oxygens (including phenoxy) is 2. The van der Waals surface area contributed by atoms with Gasteiger partial charge < -0.3 is 14.8 Å². The third-order valence-electron chi connectivity index (χ3n) is 4.00. The number of rotatable bonds is 7. The van der Waals surface area contributed by atoms with E-state index in [1.165, 1.54) is 49.8 Å². The highest BCUT2D eigenvalue weighted by atomic mass is 16.6. The number of carbonyl (C=O) groups is 1. The molecule has 10 nitrogen and oxygen atoms in total. The van der Waals surface area contributed by atoms with Gasteiger partial charge in [-0.1, -0.05) is 6.07 Å². The lowest BCUT2D eigenvalue weighted by molar-refractivity contribution is -0.384. The van der Waals surface area contributed by atoms with Crippen LogP contribution in [0.1, 0.15) is 15.9 Å². The number of nitrogens with one attached hydrogen (secondary N) is 1. The quantitative estimate of drug-likeness (QED) is 0.490. The number of amides is 1. The lowest BCUT2D eigenvalue weighted by Gasteiger charge is -2.11. The summed E-state index contributed by atoms with van der Waals surface area (Å²) in [7, 11) is 3.06. The predicted octanol–water partition coefficient (Wildman–Crippen LogP) is 2.12. The van der Waals surface area contributed by atoms with Crippen molar-refractivity contribution in [2.75, 3.05) is 14.2 Å². The van der Waals surface area contributed by atoms with Crippen molar-refractivity contribution in [3.63, 3.8) is 0 Å². The zero-order chi connectivity index (χ0) is 20.1. The predicted molar refractivity (Wildman–Crippen MR) is 98.7 cm³/mol. The Hall–Kier alpha value is -3.95. The summed E-state index contributed by atoms with van der Waals surface area (Å²) in [5.74, 6) is 0.682. The van der Waals surface area contributed by atoms with E-state index in [1.807, 2.05) is 0 Å². The Kier molecular flexibility index (Phi) is 5.49. The van der Waals surface area contributed by atoms with E-state index in [-0.39, 0.29) is 23.5 Å². The van der Waals surface area contributed by atoms with Crippen molar-refractivity contribution in [1.29, 1.82) is 0 Å². The van der Waals surface area contributed by atoms with Gasteiger partial charge in [-0.2, -0.15) is 5.10 Å². The summed E-state index contributed by atoms with van der Waals surface area (Å²) < 4.78 is 11.7. The molecule has 0 saturated carbocycles. The SMILES string of the molecule is COc1ccc(CNC(=O)c2ccc(-n3cncn3)c([N+](=O)[O-])c2)cc1OC. The molecule has 0 spiro atoms. The van der Waals surface area contributed by atoms with Gasteiger partial charge in [0.25, 0.3) is 11.6 Å². The molecule has 1 amide bonds. The van der Waals surface area contributed by atoms with Crippen LogP contribution < -0.4 is 14.8 Å². The minimum Gasteiger partial charge on any atom is -0.493 e. The molecular weight excluding hydrogens is 366 g/mol. The summed E-state index contributed by atoms with van der Waals surface area (Å²) in [5.41, 5.74) is 0.930. The van der Waals surface area contributed by atoms with E-state index in [0.29, 0.717) is 11.5 Å². The number of hydrogen-bond acceptors (Lipinski definition) is 7. The van der Waals surface area contributed by atoms with Gasteiger partial charge in [-0.3, -0.25) is 14.9 Å². The first-order valence-electron chi connectivity index (χ1n) is 8.16. The number of carbonyl (C=O) groups excluding carboxylic acids is 1. The highest BCUT2D eigenvalue weighted by molar-refractivity contribution is 5.95. The molecule has 10 heteroatoms. The molecule has 144 valence electrons. The first kappa shape index (κ1) is 18.8. The van der Waals surface area contributed by atoms with Gasteiger partial charge >= 0.3 is 0 Å². The standard InChI is InChI=1S/C18H17N5O5/c1-27-16-6-3-12(7-17(16)28-2)9-20-18(24)13-4-5-14(15(8-13)23(25)26)22-11-19-10-21-22/h3-8,10-11H,9H2,1-2H3,(H,20,24). The van der Waals surface area contributed by atoms with E-state index in [2.05, 4.69) is 15.4 Å². The summed E-state index contributed by atoms with van der Waals surface area (Å²) in [5, 5.41) is 18.0. The van der Waals surface area contributed by atoms with E-state index in [4.69, 9.17) is 9.47 Å². The largest absolute Gasteiger partial charge is 0.493 e. The molecule has 0 fully saturated rings. The molecule has 1 N–H and O–H groups in total. The number of methoxy groups -OCH3 is 2. The van der Waals surface area contributed by atoms with Crippen LogP contribution in [0, 0.1) is 10.1 Å². The van der Waals surface area contributed by atoms with Crippen molar-refractivity contribution in [3.05, 3.63) is 70.3 Å². The summed E-state index contributed by atoms with van der Waals surface area (Å²) in [4.78, 5) is 27.0. The van der Waals surface area contributed by atoms with E-state index in [1.54, 1.807) is 18.2 Å². The van der Waals surface area contributed by atoms with Crippen molar-refractivity contribution < 1.29 is 19.2 Å². The van der Waals surface area contributed by atoms with Crippen molar-refractivity contribution >= 4 is 11.6 Å². The van der Waals surface area contributed by atoms with Crippen molar-refractivity contribution in [1.82, 2.24) is 20.1 Å². The van der Waals surface area contributed by atoms with Crippen LogP contribution in [0.4, 0.5) is 5.69 Å². The Balaban J connectivity index is 1.78. The fourth-order valence-corrected chi connectivity index (χ4v) is 2.61. The van der Waals surface area contributed by atoms with Crippen LogP contribution in [0.15, 0.2) is 49.1 Å². The molecule has 0 aliphatic rings. The van der Waals surface area contributed by atoms with Crippen molar-refractivity contribution in [2.24, 2.45) is 0 Å². The van der Waals surface area contributed by atoms with Crippen LogP contribution in [-0.4, -0.2) is 39.8 Å². The molecule has 0 aliphatic carbocycles. The second-order valence-corrected chi connectivity index (χ2v) is 5.67. The van der Waals surface area contributed by atoms with Gasteiger partial charge in [0.1, 0.15) is 18.3 Å². The Labute approximate surface area is 159 Å². The summed E-state index contributed by atoms with van der Waals surface area (Å²) in [6.45, 7) is 0.220. The molecule has 0 unspecified atom stereocenters. The van der Waals surface area contributed by atoms with Crippen LogP contribution in [-0.2, 0) is 6.54 Å². The first-order chi connectivity index (χ1) is 13.5. The maximum absolute atomic E-state index is 12.4.